The number of aromatic nitrogens is 2. The predicted octanol–water partition coefficient (Wildman–Crippen LogP) is 1.68. The molecule has 0 aromatic carbocycles. The summed E-state index contributed by atoms with van der Waals surface area (Å²) in [6.07, 6.45) is 10.8. The van der Waals surface area contributed by atoms with Crippen molar-refractivity contribution in [1.82, 2.24) is 14.9 Å². The molecule has 4 heteroatoms. The largest absolute Gasteiger partial charge is 0.385 e. The molecule has 1 fully saturated rings. The van der Waals surface area contributed by atoms with E-state index >= 15 is 0 Å². The van der Waals surface area contributed by atoms with Crippen LogP contribution in [0.25, 0.3) is 0 Å². The zero-order valence-electron chi connectivity index (χ0n) is 10.7. The highest BCUT2D eigenvalue weighted by molar-refractivity contribution is 4.94. The first kappa shape index (κ1) is 12.6. The van der Waals surface area contributed by atoms with E-state index < -0.39 is 0 Å². The van der Waals surface area contributed by atoms with Gasteiger partial charge < -0.3 is 14.6 Å². The molecule has 0 radical (unpaired) electrons. The maximum absolute atomic E-state index is 5.16. The van der Waals surface area contributed by atoms with Crippen LogP contribution < -0.4 is 5.32 Å². The van der Waals surface area contributed by atoms with Gasteiger partial charge in [0.1, 0.15) is 0 Å². The summed E-state index contributed by atoms with van der Waals surface area (Å²) in [5, 5.41) is 3.57. The molecule has 1 heterocycles. The molecule has 4 nitrogen and oxygen atoms in total. The van der Waals surface area contributed by atoms with Gasteiger partial charge in [0, 0.05) is 39.2 Å². The van der Waals surface area contributed by atoms with Crippen molar-refractivity contribution < 1.29 is 4.74 Å². The van der Waals surface area contributed by atoms with E-state index in [0.717, 1.165) is 32.7 Å². The minimum atomic E-state index is 0.561. The number of imidazole rings is 1. The summed E-state index contributed by atoms with van der Waals surface area (Å²) < 4.78 is 7.28. The Morgan fingerprint density at radius 1 is 1.47 bits per heavy atom. The monoisotopic (exact) mass is 237 g/mol. The lowest BCUT2D eigenvalue weighted by molar-refractivity contribution is 0.171. The lowest BCUT2D eigenvalue weighted by atomic mass is 10.0. The molecule has 1 saturated carbocycles. The van der Waals surface area contributed by atoms with Crippen molar-refractivity contribution in [3.63, 3.8) is 0 Å². The summed E-state index contributed by atoms with van der Waals surface area (Å²) in [4.78, 5) is 4.03. The summed E-state index contributed by atoms with van der Waals surface area (Å²) >= 11 is 0. The van der Waals surface area contributed by atoms with Gasteiger partial charge >= 0.3 is 0 Å². The molecule has 0 amide bonds. The Hall–Kier alpha value is -0.870. The zero-order valence-corrected chi connectivity index (χ0v) is 10.7. The molecular weight excluding hydrogens is 214 g/mol. The van der Waals surface area contributed by atoms with Gasteiger partial charge in [-0.25, -0.2) is 4.98 Å². The van der Waals surface area contributed by atoms with E-state index in [4.69, 9.17) is 4.74 Å². The van der Waals surface area contributed by atoms with Crippen LogP contribution in [-0.2, 0) is 11.3 Å². The van der Waals surface area contributed by atoms with Crippen LogP contribution in [0.2, 0.25) is 0 Å². The topological polar surface area (TPSA) is 39.1 Å². The fourth-order valence-corrected chi connectivity index (χ4v) is 2.17. The molecule has 1 aromatic rings. The fraction of sp³-hybridized carbons (Fsp3) is 0.769. The molecule has 2 rings (SSSR count). The zero-order chi connectivity index (χ0) is 12.0. The van der Waals surface area contributed by atoms with Crippen LogP contribution in [0.1, 0.15) is 25.7 Å². The first-order valence-corrected chi connectivity index (χ1v) is 6.50. The van der Waals surface area contributed by atoms with E-state index in [1.807, 2.05) is 18.7 Å². The average molecular weight is 237 g/mol. The van der Waals surface area contributed by atoms with Crippen LogP contribution in [-0.4, -0.2) is 36.4 Å². The van der Waals surface area contributed by atoms with Gasteiger partial charge in [-0.05, 0) is 37.6 Å². The number of aryl methyl sites for hydroxylation is 1. The summed E-state index contributed by atoms with van der Waals surface area (Å²) in [6, 6.07) is 0. The van der Waals surface area contributed by atoms with Crippen LogP contribution in [0.4, 0.5) is 0 Å². The summed E-state index contributed by atoms with van der Waals surface area (Å²) in [6.45, 7) is 4.20. The Morgan fingerprint density at radius 2 is 2.35 bits per heavy atom. The van der Waals surface area contributed by atoms with E-state index in [-0.39, 0.29) is 0 Å². The second kappa shape index (κ2) is 6.17. The van der Waals surface area contributed by atoms with E-state index in [9.17, 15) is 0 Å². The Balaban J connectivity index is 1.51. The smallest absolute Gasteiger partial charge is 0.0945 e. The quantitative estimate of drug-likeness (QED) is 0.664. The van der Waals surface area contributed by atoms with Crippen molar-refractivity contribution in [2.75, 3.05) is 26.8 Å². The number of hydrogen-bond acceptors (Lipinski definition) is 3. The molecule has 0 atom stereocenters. The molecule has 1 aliphatic carbocycles. The number of methoxy groups -OCH3 is 1. The summed E-state index contributed by atoms with van der Waals surface area (Å²) in [5.41, 5.74) is 0.561. The molecule has 0 aliphatic heterocycles. The van der Waals surface area contributed by atoms with Gasteiger partial charge in [-0.2, -0.15) is 0 Å². The highest BCUT2D eigenvalue weighted by atomic mass is 16.5. The first-order valence-electron chi connectivity index (χ1n) is 6.50. The first-order chi connectivity index (χ1) is 8.35. The Labute approximate surface area is 103 Å². The molecule has 1 aliphatic rings. The second-order valence-corrected chi connectivity index (χ2v) is 5.07. The summed E-state index contributed by atoms with van der Waals surface area (Å²) in [5.74, 6) is 0. The maximum atomic E-state index is 5.16. The summed E-state index contributed by atoms with van der Waals surface area (Å²) in [7, 11) is 1.79. The standard InChI is InChI=1S/C13H23N3O/c1-17-10-5-13(3-4-13)11-14-6-2-8-16-9-7-15-12-16/h7,9,12,14H,2-6,8,10-11H2,1H3. The van der Waals surface area contributed by atoms with Crippen LogP contribution in [0.3, 0.4) is 0 Å². The third-order valence-corrected chi connectivity index (χ3v) is 3.62. The molecule has 1 aromatic heterocycles. The minimum Gasteiger partial charge on any atom is -0.385 e. The normalized spacial score (nSPS) is 17.2. The highest BCUT2D eigenvalue weighted by Gasteiger charge is 2.41. The Morgan fingerprint density at radius 3 is 3.00 bits per heavy atom. The molecule has 96 valence electrons. The van der Waals surface area contributed by atoms with Crippen molar-refractivity contribution in [1.29, 1.82) is 0 Å². The number of nitrogens with zero attached hydrogens (tertiary/aromatic N) is 2. The predicted molar refractivity (Wildman–Crippen MR) is 67.9 cm³/mol. The average Bonchev–Trinajstić information content (AvgIpc) is 2.91. The molecule has 0 spiro atoms. The van der Waals surface area contributed by atoms with Crippen molar-refractivity contribution in [2.24, 2.45) is 5.41 Å². The van der Waals surface area contributed by atoms with Crippen LogP contribution in [0, 0.1) is 5.41 Å². The third-order valence-electron chi connectivity index (χ3n) is 3.62. The number of ether oxygens (including phenoxy) is 1. The lowest BCUT2D eigenvalue weighted by Crippen LogP contribution is -2.26. The van der Waals surface area contributed by atoms with Crippen molar-refractivity contribution in [2.45, 2.75) is 32.2 Å². The van der Waals surface area contributed by atoms with Crippen molar-refractivity contribution >= 4 is 0 Å². The van der Waals surface area contributed by atoms with E-state index in [0.29, 0.717) is 5.41 Å². The number of rotatable bonds is 9. The van der Waals surface area contributed by atoms with Gasteiger partial charge in [0.15, 0.2) is 0 Å². The van der Waals surface area contributed by atoms with Gasteiger partial charge in [0.05, 0.1) is 6.33 Å². The fourth-order valence-electron chi connectivity index (χ4n) is 2.17. The van der Waals surface area contributed by atoms with E-state index in [1.54, 1.807) is 7.11 Å². The number of nitrogens with one attached hydrogen (secondary N) is 1. The van der Waals surface area contributed by atoms with E-state index in [1.165, 1.54) is 19.3 Å². The minimum absolute atomic E-state index is 0.561. The highest BCUT2D eigenvalue weighted by Crippen LogP contribution is 2.48. The second-order valence-electron chi connectivity index (χ2n) is 5.07. The molecule has 0 saturated heterocycles. The van der Waals surface area contributed by atoms with Crippen LogP contribution >= 0.6 is 0 Å². The van der Waals surface area contributed by atoms with E-state index in [2.05, 4.69) is 14.9 Å². The van der Waals surface area contributed by atoms with Gasteiger partial charge in [-0.3, -0.25) is 0 Å². The Bertz CT molecular complexity index is 306. The maximum Gasteiger partial charge on any atom is 0.0945 e. The molecular formula is C13H23N3O. The van der Waals surface area contributed by atoms with Crippen LogP contribution in [0.5, 0.6) is 0 Å². The molecule has 0 bridgehead atoms. The Kier molecular flexibility index (Phi) is 4.57. The van der Waals surface area contributed by atoms with Gasteiger partial charge in [0.2, 0.25) is 0 Å². The van der Waals surface area contributed by atoms with Gasteiger partial charge in [-0.15, -0.1) is 0 Å². The molecule has 1 N–H and O–H groups in total. The molecule has 0 unspecified atom stereocenters. The molecule has 17 heavy (non-hydrogen) atoms. The third kappa shape index (κ3) is 4.13. The van der Waals surface area contributed by atoms with Crippen LogP contribution in [0.15, 0.2) is 18.7 Å². The SMILES string of the molecule is COCCC1(CNCCCn2ccnc2)CC1. The van der Waals surface area contributed by atoms with Gasteiger partial charge in [-0.1, -0.05) is 0 Å². The lowest BCUT2D eigenvalue weighted by Gasteiger charge is -2.15. The van der Waals surface area contributed by atoms with Crippen molar-refractivity contribution in [3.05, 3.63) is 18.7 Å². The number of hydrogen-bond donors (Lipinski definition) is 1. The van der Waals surface area contributed by atoms with Gasteiger partial charge in [0.25, 0.3) is 0 Å². The van der Waals surface area contributed by atoms with Crippen molar-refractivity contribution in [3.8, 4) is 0 Å².